The number of nitrogens with one attached hydrogen (secondary N) is 1. The number of nitrogens with zero attached hydrogens (tertiary/aromatic N) is 1. The van der Waals surface area contributed by atoms with E-state index in [0.29, 0.717) is 18.5 Å². The molecule has 106 valence electrons. The minimum Gasteiger partial charge on any atom is -0.472 e. The molecule has 1 rings (SSSR count). The van der Waals surface area contributed by atoms with E-state index < -0.39 is 19.1 Å². The van der Waals surface area contributed by atoms with Gasteiger partial charge in [0, 0.05) is 18.8 Å². The molecule has 1 amide bonds. The molecule has 1 atom stereocenters. The van der Waals surface area contributed by atoms with Gasteiger partial charge in [0.1, 0.15) is 0 Å². The van der Waals surface area contributed by atoms with Gasteiger partial charge in [0.25, 0.3) is 12.3 Å². The van der Waals surface area contributed by atoms with Gasteiger partial charge in [0.05, 0.1) is 11.7 Å². The SMILES string of the molecule is CC(O)CCNC(=O)c1ccc(OCC(F)F)nc1. The number of pyridine rings is 1. The topological polar surface area (TPSA) is 71.5 Å². The predicted octanol–water partition coefficient (Wildman–Crippen LogP) is 1.23. The Morgan fingerprint density at radius 1 is 1.53 bits per heavy atom. The summed E-state index contributed by atoms with van der Waals surface area (Å²) in [5.74, 6) is -0.297. The first-order valence-corrected chi connectivity index (χ1v) is 5.82. The molecule has 0 aromatic carbocycles. The average molecular weight is 274 g/mol. The number of hydrogen-bond donors (Lipinski definition) is 2. The van der Waals surface area contributed by atoms with Crippen molar-refractivity contribution in [3.8, 4) is 5.88 Å². The Morgan fingerprint density at radius 3 is 2.79 bits per heavy atom. The Labute approximate surface area is 109 Å². The summed E-state index contributed by atoms with van der Waals surface area (Å²) in [6, 6.07) is 2.79. The van der Waals surface area contributed by atoms with Crippen molar-refractivity contribution in [2.24, 2.45) is 0 Å². The first-order chi connectivity index (χ1) is 8.99. The molecule has 0 aliphatic heterocycles. The zero-order chi connectivity index (χ0) is 14.3. The summed E-state index contributed by atoms with van der Waals surface area (Å²) >= 11 is 0. The molecule has 0 fully saturated rings. The van der Waals surface area contributed by atoms with Gasteiger partial charge < -0.3 is 15.2 Å². The molecule has 7 heteroatoms. The highest BCUT2D eigenvalue weighted by Gasteiger charge is 2.08. The molecule has 0 saturated carbocycles. The molecule has 1 aromatic rings. The van der Waals surface area contributed by atoms with Gasteiger partial charge in [-0.05, 0) is 19.4 Å². The van der Waals surface area contributed by atoms with E-state index in [1.165, 1.54) is 18.3 Å². The van der Waals surface area contributed by atoms with Crippen LogP contribution in [-0.4, -0.2) is 41.7 Å². The molecule has 0 spiro atoms. The number of carbonyl (C=O) groups is 1. The molecule has 19 heavy (non-hydrogen) atoms. The van der Waals surface area contributed by atoms with Crippen LogP contribution >= 0.6 is 0 Å². The van der Waals surface area contributed by atoms with Crippen molar-refractivity contribution < 1.29 is 23.4 Å². The molecule has 1 unspecified atom stereocenters. The van der Waals surface area contributed by atoms with Crippen LogP contribution in [0.3, 0.4) is 0 Å². The van der Waals surface area contributed by atoms with E-state index in [-0.39, 0.29) is 11.8 Å². The Balaban J connectivity index is 2.44. The number of halogens is 2. The molecule has 2 N–H and O–H groups in total. The molecule has 1 aromatic heterocycles. The molecule has 1 heterocycles. The summed E-state index contributed by atoms with van der Waals surface area (Å²) in [7, 11) is 0. The maximum absolute atomic E-state index is 11.9. The highest BCUT2D eigenvalue weighted by atomic mass is 19.3. The smallest absolute Gasteiger partial charge is 0.272 e. The Hall–Kier alpha value is -1.76. The van der Waals surface area contributed by atoms with Crippen molar-refractivity contribution in [3.63, 3.8) is 0 Å². The van der Waals surface area contributed by atoms with Crippen molar-refractivity contribution in [1.82, 2.24) is 10.3 Å². The van der Waals surface area contributed by atoms with Gasteiger partial charge in [0.15, 0.2) is 6.61 Å². The molecule has 5 nitrogen and oxygen atoms in total. The van der Waals surface area contributed by atoms with Crippen LogP contribution in [0.2, 0.25) is 0 Å². The summed E-state index contributed by atoms with van der Waals surface area (Å²) in [6.07, 6.45) is -1.35. The zero-order valence-electron chi connectivity index (χ0n) is 10.5. The number of carbonyl (C=O) groups excluding carboxylic acids is 1. The third-order valence-corrected chi connectivity index (χ3v) is 2.20. The summed E-state index contributed by atoms with van der Waals surface area (Å²) in [4.78, 5) is 15.4. The van der Waals surface area contributed by atoms with E-state index >= 15 is 0 Å². The number of alkyl halides is 2. The number of rotatable bonds is 7. The van der Waals surface area contributed by atoms with Crippen LogP contribution in [0.1, 0.15) is 23.7 Å². The summed E-state index contributed by atoms with van der Waals surface area (Å²) in [5.41, 5.74) is 0.301. The van der Waals surface area contributed by atoms with Crippen LogP contribution in [0.15, 0.2) is 18.3 Å². The fourth-order valence-corrected chi connectivity index (χ4v) is 1.25. The number of aliphatic hydroxyl groups is 1. The van der Waals surface area contributed by atoms with Crippen LogP contribution in [0, 0.1) is 0 Å². The normalized spacial score (nSPS) is 12.3. The second kappa shape index (κ2) is 7.63. The maximum Gasteiger partial charge on any atom is 0.272 e. The fraction of sp³-hybridized carbons (Fsp3) is 0.500. The van der Waals surface area contributed by atoms with Crippen molar-refractivity contribution in [2.45, 2.75) is 25.9 Å². The summed E-state index contributed by atoms with van der Waals surface area (Å²) in [6.45, 7) is 1.25. The minimum absolute atomic E-state index is 0.0424. The number of hydrogen-bond acceptors (Lipinski definition) is 4. The second-order valence-electron chi connectivity index (χ2n) is 3.98. The molecule has 0 aliphatic carbocycles. The quantitative estimate of drug-likeness (QED) is 0.784. The highest BCUT2D eigenvalue weighted by Crippen LogP contribution is 2.08. The maximum atomic E-state index is 11.9. The lowest BCUT2D eigenvalue weighted by Gasteiger charge is -2.07. The van der Waals surface area contributed by atoms with E-state index in [2.05, 4.69) is 15.0 Å². The van der Waals surface area contributed by atoms with E-state index in [9.17, 15) is 13.6 Å². The molecule has 0 aliphatic rings. The summed E-state index contributed by atoms with van der Waals surface area (Å²) in [5, 5.41) is 11.6. The number of aliphatic hydroxyl groups excluding tert-OH is 1. The average Bonchev–Trinajstić information content (AvgIpc) is 2.36. The van der Waals surface area contributed by atoms with Crippen LogP contribution in [0.25, 0.3) is 0 Å². The number of amides is 1. The highest BCUT2D eigenvalue weighted by molar-refractivity contribution is 5.93. The van der Waals surface area contributed by atoms with Crippen molar-refractivity contribution in [3.05, 3.63) is 23.9 Å². The van der Waals surface area contributed by atoms with Gasteiger partial charge in [0.2, 0.25) is 5.88 Å². The largest absolute Gasteiger partial charge is 0.472 e. The first-order valence-electron chi connectivity index (χ1n) is 5.82. The Bertz CT molecular complexity index is 396. The second-order valence-corrected chi connectivity index (χ2v) is 3.98. The van der Waals surface area contributed by atoms with Crippen LogP contribution in [0.4, 0.5) is 8.78 Å². The first kappa shape index (κ1) is 15.3. The molecule has 0 radical (unpaired) electrons. The van der Waals surface area contributed by atoms with Gasteiger partial charge in [-0.1, -0.05) is 0 Å². The molecule has 0 saturated heterocycles. The van der Waals surface area contributed by atoms with Gasteiger partial charge >= 0.3 is 0 Å². The van der Waals surface area contributed by atoms with Gasteiger partial charge in [-0.15, -0.1) is 0 Å². The third-order valence-electron chi connectivity index (χ3n) is 2.20. The fourth-order valence-electron chi connectivity index (χ4n) is 1.25. The molecule has 0 bridgehead atoms. The minimum atomic E-state index is -2.56. The van der Waals surface area contributed by atoms with Gasteiger partial charge in [-0.3, -0.25) is 4.79 Å². The van der Waals surface area contributed by atoms with Gasteiger partial charge in [-0.2, -0.15) is 0 Å². The molecular formula is C12H16F2N2O3. The predicted molar refractivity (Wildman–Crippen MR) is 64.4 cm³/mol. The monoisotopic (exact) mass is 274 g/mol. The van der Waals surface area contributed by atoms with Crippen LogP contribution < -0.4 is 10.1 Å². The van der Waals surface area contributed by atoms with E-state index in [1.54, 1.807) is 6.92 Å². The van der Waals surface area contributed by atoms with Crippen molar-refractivity contribution in [2.75, 3.05) is 13.2 Å². The number of ether oxygens (including phenoxy) is 1. The summed E-state index contributed by atoms with van der Waals surface area (Å²) < 4.78 is 28.5. The van der Waals surface area contributed by atoms with E-state index in [4.69, 9.17) is 5.11 Å². The van der Waals surface area contributed by atoms with Gasteiger partial charge in [-0.25, -0.2) is 13.8 Å². The standard InChI is InChI=1S/C12H16F2N2O3/c1-8(17)4-5-15-12(18)9-2-3-11(16-6-9)19-7-10(13)14/h2-3,6,8,10,17H,4-5,7H2,1H3,(H,15,18). The molecular weight excluding hydrogens is 258 g/mol. The zero-order valence-corrected chi connectivity index (χ0v) is 10.5. The number of aromatic nitrogens is 1. The van der Waals surface area contributed by atoms with Crippen LogP contribution in [0.5, 0.6) is 5.88 Å². The van der Waals surface area contributed by atoms with Crippen LogP contribution in [-0.2, 0) is 0 Å². The third kappa shape index (κ3) is 6.10. The lowest BCUT2D eigenvalue weighted by atomic mass is 10.2. The van der Waals surface area contributed by atoms with Crippen molar-refractivity contribution >= 4 is 5.91 Å². The lowest BCUT2D eigenvalue weighted by Crippen LogP contribution is -2.26. The van der Waals surface area contributed by atoms with E-state index in [1.807, 2.05) is 0 Å². The van der Waals surface area contributed by atoms with E-state index in [0.717, 1.165) is 0 Å². The lowest BCUT2D eigenvalue weighted by molar-refractivity contribution is 0.0794. The Kier molecular flexibility index (Phi) is 6.14. The Morgan fingerprint density at radius 2 is 2.26 bits per heavy atom. The van der Waals surface area contributed by atoms with Crippen molar-refractivity contribution in [1.29, 1.82) is 0 Å².